The second-order valence-electron chi connectivity index (χ2n) is 6.91. The lowest BCUT2D eigenvalue weighted by molar-refractivity contribution is -0.942. The molecule has 2 atom stereocenters. The summed E-state index contributed by atoms with van der Waals surface area (Å²) in [6.45, 7) is 5.64. The second-order valence-corrected chi connectivity index (χ2v) is 8.89. The zero-order valence-corrected chi connectivity index (χ0v) is 16.8. The van der Waals surface area contributed by atoms with Crippen LogP contribution in [0.2, 0.25) is 0 Å². The smallest absolute Gasteiger partial charge is 0.271 e. The van der Waals surface area contributed by atoms with Crippen molar-refractivity contribution in [3.8, 4) is 11.5 Å². The minimum Gasteiger partial charge on any atom is -0.466 e. The molecule has 0 amide bonds. The minimum absolute atomic E-state index is 0.341. The van der Waals surface area contributed by atoms with Crippen molar-refractivity contribution in [2.24, 2.45) is 0 Å². The van der Waals surface area contributed by atoms with E-state index < -0.39 is 0 Å². The molecule has 7 heteroatoms. The SMILES string of the molecule is Cc1cc(-c2nnc(C[NH+]3CCc4sccc4[C@H]3c3cccs3)o2)c(C)o1. The molecule has 0 aromatic carbocycles. The van der Waals surface area contributed by atoms with Crippen LogP contribution in [0.3, 0.4) is 0 Å². The van der Waals surface area contributed by atoms with Crippen molar-refractivity contribution in [2.45, 2.75) is 32.9 Å². The molecule has 0 radical (unpaired) electrons. The Kier molecular flexibility index (Phi) is 4.22. The number of fused-ring (bicyclic) bond motifs is 1. The summed E-state index contributed by atoms with van der Waals surface area (Å²) in [5, 5.41) is 13.0. The highest BCUT2D eigenvalue weighted by molar-refractivity contribution is 7.10. The summed E-state index contributed by atoms with van der Waals surface area (Å²) >= 11 is 3.69. The van der Waals surface area contributed by atoms with Crippen LogP contribution in [-0.2, 0) is 13.0 Å². The Morgan fingerprint density at radius 3 is 2.85 bits per heavy atom. The molecule has 4 aromatic heterocycles. The van der Waals surface area contributed by atoms with Crippen molar-refractivity contribution in [3.63, 3.8) is 0 Å². The van der Waals surface area contributed by atoms with E-state index in [1.807, 2.05) is 42.6 Å². The van der Waals surface area contributed by atoms with E-state index >= 15 is 0 Å². The first-order valence-corrected chi connectivity index (χ1v) is 10.8. The number of nitrogens with one attached hydrogen (secondary N) is 1. The molecule has 0 fully saturated rings. The van der Waals surface area contributed by atoms with Crippen LogP contribution in [0.5, 0.6) is 0 Å². The number of quaternary nitrogens is 1. The molecule has 0 saturated carbocycles. The van der Waals surface area contributed by atoms with Crippen molar-refractivity contribution in [1.82, 2.24) is 10.2 Å². The van der Waals surface area contributed by atoms with Crippen molar-refractivity contribution in [3.05, 3.63) is 67.8 Å². The lowest BCUT2D eigenvalue weighted by Gasteiger charge is -2.31. The van der Waals surface area contributed by atoms with E-state index in [2.05, 4.69) is 39.2 Å². The fourth-order valence-electron chi connectivity index (χ4n) is 3.92. The molecular weight excluding hydrogens is 378 g/mol. The molecule has 0 aliphatic carbocycles. The third-order valence-corrected chi connectivity index (χ3v) is 7.05. The molecular formula is C20H20N3O2S2+. The summed E-state index contributed by atoms with van der Waals surface area (Å²) in [4.78, 5) is 4.36. The van der Waals surface area contributed by atoms with Crippen LogP contribution in [0.4, 0.5) is 0 Å². The Bertz CT molecular complexity index is 1060. The molecule has 5 rings (SSSR count). The fourth-order valence-corrected chi connectivity index (χ4v) is 5.74. The van der Waals surface area contributed by atoms with Gasteiger partial charge in [-0.25, -0.2) is 0 Å². The van der Waals surface area contributed by atoms with E-state index in [4.69, 9.17) is 8.83 Å². The molecule has 1 aliphatic rings. The molecule has 1 unspecified atom stereocenters. The average Bonchev–Trinajstić information content (AvgIpc) is 3.41. The van der Waals surface area contributed by atoms with E-state index in [9.17, 15) is 0 Å². The lowest BCUT2D eigenvalue weighted by Crippen LogP contribution is -3.12. The number of thiophene rings is 2. The van der Waals surface area contributed by atoms with Gasteiger partial charge >= 0.3 is 0 Å². The third-order valence-electron chi connectivity index (χ3n) is 5.12. The predicted molar refractivity (Wildman–Crippen MR) is 105 cm³/mol. The maximum Gasteiger partial charge on any atom is 0.271 e. The summed E-state index contributed by atoms with van der Waals surface area (Å²) in [6.07, 6.45) is 1.10. The van der Waals surface area contributed by atoms with Gasteiger partial charge in [0.25, 0.3) is 11.8 Å². The number of rotatable bonds is 4. The topological polar surface area (TPSA) is 56.5 Å². The first kappa shape index (κ1) is 16.9. The molecule has 27 heavy (non-hydrogen) atoms. The van der Waals surface area contributed by atoms with Crippen molar-refractivity contribution < 1.29 is 13.7 Å². The predicted octanol–water partition coefficient (Wildman–Crippen LogP) is 3.80. The summed E-state index contributed by atoms with van der Waals surface area (Å²) < 4.78 is 11.6. The standard InChI is InChI=1S/C20H19N3O2S2/c1-12-10-15(13(2)24-12)20-22-21-18(25-20)11-23-7-5-16-14(6-9-27-16)19(23)17-4-3-8-26-17/h3-4,6,8-10,19H,5,7,11H2,1-2H3/p+1/t19-/m0/s1. The Morgan fingerprint density at radius 1 is 1.15 bits per heavy atom. The zero-order chi connectivity index (χ0) is 18.4. The van der Waals surface area contributed by atoms with Crippen LogP contribution < -0.4 is 4.90 Å². The van der Waals surface area contributed by atoms with Crippen LogP contribution in [0.15, 0.2) is 43.9 Å². The minimum atomic E-state index is 0.341. The molecule has 0 spiro atoms. The normalized spacial score (nSPS) is 19.3. The van der Waals surface area contributed by atoms with Crippen LogP contribution in [-0.4, -0.2) is 16.7 Å². The summed E-state index contributed by atoms with van der Waals surface area (Å²) in [5.74, 6) is 2.89. The highest BCUT2D eigenvalue weighted by Gasteiger charge is 2.35. The number of hydrogen-bond donors (Lipinski definition) is 1. The number of aromatic nitrogens is 2. The van der Waals surface area contributed by atoms with Gasteiger partial charge in [-0.15, -0.1) is 32.9 Å². The van der Waals surface area contributed by atoms with Gasteiger partial charge in [0.15, 0.2) is 6.54 Å². The van der Waals surface area contributed by atoms with Gasteiger partial charge in [0.1, 0.15) is 17.6 Å². The van der Waals surface area contributed by atoms with Crippen molar-refractivity contribution in [2.75, 3.05) is 6.54 Å². The number of hydrogen-bond acceptors (Lipinski definition) is 6. The Morgan fingerprint density at radius 2 is 2.07 bits per heavy atom. The summed E-state index contributed by atoms with van der Waals surface area (Å²) in [7, 11) is 0. The number of furan rings is 1. The van der Waals surface area contributed by atoms with Gasteiger partial charge in [-0.1, -0.05) is 6.07 Å². The monoisotopic (exact) mass is 398 g/mol. The molecule has 5 heterocycles. The molecule has 5 nitrogen and oxygen atoms in total. The number of nitrogens with zero attached hydrogens (tertiary/aromatic N) is 2. The van der Waals surface area contributed by atoms with Gasteiger partial charge in [0.2, 0.25) is 0 Å². The van der Waals surface area contributed by atoms with Crippen LogP contribution in [0.1, 0.15) is 38.8 Å². The molecule has 1 N–H and O–H groups in total. The van der Waals surface area contributed by atoms with Gasteiger partial charge in [-0.05, 0) is 42.8 Å². The molecule has 138 valence electrons. The molecule has 0 saturated heterocycles. The van der Waals surface area contributed by atoms with Crippen LogP contribution in [0, 0.1) is 13.8 Å². The Balaban J connectivity index is 1.44. The Hall–Kier alpha value is -2.22. The van der Waals surface area contributed by atoms with Crippen molar-refractivity contribution in [1.29, 1.82) is 0 Å². The van der Waals surface area contributed by atoms with E-state index in [1.54, 1.807) is 0 Å². The van der Waals surface area contributed by atoms with Crippen molar-refractivity contribution >= 4 is 22.7 Å². The van der Waals surface area contributed by atoms with Gasteiger partial charge in [-0.2, -0.15) is 0 Å². The average molecular weight is 399 g/mol. The van der Waals surface area contributed by atoms with Gasteiger partial charge in [0.05, 0.1) is 17.0 Å². The van der Waals surface area contributed by atoms with Gasteiger partial charge < -0.3 is 13.7 Å². The quantitative estimate of drug-likeness (QED) is 0.568. The molecule has 1 aliphatic heterocycles. The van der Waals surface area contributed by atoms with Crippen LogP contribution in [0.25, 0.3) is 11.5 Å². The van der Waals surface area contributed by atoms with Gasteiger partial charge in [0, 0.05) is 16.9 Å². The molecule has 0 bridgehead atoms. The van der Waals surface area contributed by atoms with Crippen LogP contribution >= 0.6 is 22.7 Å². The lowest BCUT2D eigenvalue weighted by atomic mass is 9.98. The van der Waals surface area contributed by atoms with E-state index in [1.165, 1.54) is 20.2 Å². The van der Waals surface area contributed by atoms with Gasteiger partial charge in [-0.3, -0.25) is 0 Å². The summed E-state index contributed by atoms with van der Waals surface area (Å²) in [6, 6.07) is 8.94. The first-order valence-electron chi connectivity index (χ1n) is 9.03. The van der Waals surface area contributed by atoms with E-state index in [0.29, 0.717) is 17.8 Å². The maximum atomic E-state index is 6.00. The largest absolute Gasteiger partial charge is 0.466 e. The molecule has 4 aromatic rings. The Labute approximate surface area is 165 Å². The third kappa shape index (κ3) is 3.05. The second kappa shape index (κ2) is 6.74. The highest BCUT2D eigenvalue weighted by atomic mass is 32.1. The highest BCUT2D eigenvalue weighted by Crippen LogP contribution is 2.32. The zero-order valence-electron chi connectivity index (χ0n) is 15.2. The maximum absolute atomic E-state index is 6.00. The number of aryl methyl sites for hydroxylation is 2. The first-order chi connectivity index (χ1) is 13.2. The fraction of sp³-hybridized carbons (Fsp3) is 0.300. The summed E-state index contributed by atoms with van der Waals surface area (Å²) in [5.41, 5.74) is 2.33. The van der Waals surface area contributed by atoms with E-state index in [-0.39, 0.29) is 0 Å². The van der Waals surface area contributed by atoms with E-state index in [0.717, 1.165) is 36.6 Å².